The fourth-order valence-corrected chi connectivity index (χ4v) is 2.89. The summed E-state index contributed by atoms with van der Waals surface area (Å²) in [4.78, 5) is 11.6. The number of nitrogens with zero attached hydrogens (tertiary/aromatic N) is 1. The number of nitrogens with one attached hydrogen (secondary N) is 1. The van der Waals surface area contributed by atoms with Gasteiger partial charge < -0.3 is 5.32 Å². The van der Waals surface area contributed by atoms with Gasteiger partial charge in [-0.3, -0.25) is 4.57 Å². The zero-order valence-corrected chi connectivity index (χ0v) is 9.26. The Morgan fingerprint density at radius 2 is 2.20 bits per heavy atom. The molecule has 1 aliphatic carbocycles. The van der Waals surface area contributed by atoms with Gasteiger partial charge >= 0.3 is 6.03 Å². The number of rotatable bonds is 0. The summed E-state index contributed by atoms with van der Waals surface area (Å²) >= 11 is 0. The van der Waals surface area contributed by atoms with E-state index in [-0.39, 0.29) is 6.03 Å². The molecule has 0 radical (unpaired) electrons. The van der Waals surface area contributed by atoms with Crippen LogP contribution >= 0.6 is 0 Å². The van der Waals surface area contributed by atoms with Crippen molar-refractivity contribution in [1.82, 2.24) is 9.88 Å². The highest BCUT2D eigenvalue weighted by atomic mass is 16.2. The van der Waals surface area contributed by atoms with Crippen LogP contribution in [-0.4, -0.2) is 17.1 Å². The van der Waals surface area contributed by atoms with Gasteiger partial charge in [-0.05, 0) is 29.4 Å². The highest BCUT2D eigenvalue weighted by molar-refractivity contribution is 5.79. The fourth-order valence-electron chi connectivity index (χ4n) is 2.89. The quantitative estimate of drug-likeness (QED) is 0.686. The predicted octanol–water partition coefficient (Wildman–Crippen LogP) is 1.73. The smallest absolute Gasteiger partial charge is 0.325 e. The second-order valence-corrected chi connectivity index (χ2v) is 5.45. The Kier molecular flexibility index (Phi) is 1.59. The Hall–Kier alpha value is -1.25. The topological polar surface area (TPSA) is 34.0 Å². The van der Waals surface area contributed by atoms with Crippen molar-refractivity contribution in [3.8, 4) is 0 Å². The molecule has 3 rings (SSSR count). The maximum Gasteiger partial charge on any atom is 0.325 e. The summed E-state index contributed by atoms with van der Waals surface area (Å²) in [6, 6.07) is 0.0449. The van der Waals surface area contributed by atoms with Gasteiger partial charge in [0.25, 0.3) is 0 Å². The summed E-state index contributed by atoms with van der Waals surface area (Å²) in [6.07, 6.45) is 5.25. The van der Waals surface area contributed by atoms with Crippen molar-refractivity contribution in [1.29, 1.82) is 0 Å². The summed E-state index contributed by atoms with van der Waals surface area (Å²) in [5.74, 6) is 0. The first-order chi connectivity index (χ1) is 7.07. The van der Waals surface area contributed by atoms with Crippen LogP contribution in [0.5, 0.6) is 0 Å². The summed E-state index contributed by atoms with van der Waals surface area (Å²) in [7, 11) is 0. The van der Waals surface area contributed by atoms with E-state index in [4.69, 9.17) is 0 Å². The largest absolute Gasteiger partial charge is 0.337 e. The number of aromatic nitrogens is 1. The van der Waals surface area contributed by atoms with Crippen LogP contribution < -0.4 is 5.32 Å². The molecule has 0 saturated heterocycles. The van der Waals surface area contributed by atoms with Gasteiger partial charge in [-0.1, -0.05) is 13.8 Å². The molecule has 0 atom stereocenters. The average molecular weight is 204 g/mol. The third-order valence-corrected chi connectivity index (χ3v) is 3.49. The minimum absolute atomic E-state index is 0.0449. The van der Waals surface area contributed by atoms with Crippen LogP contribution in [0.15, 0.2) is 6.20 Å². The van der Waals surface area contributed by atoms with Gasteiger partial charge in [-0.2, -0.15) is 0 Å². The summed E-state index contributed by atoms with van der Waals surface area (Å²) < 4.78 is 1.81. The molecular formula is C12H16N2O. The molecule has 1 aromatic rings. The molecule has 0 spiro atoms. The molecule has 15 heavy (non-hydrogen) atoms. The van der Waals surface area contributed by atoms with E-state index < -0.39 is 0 Å². The van der Waals surface area contributed by atoms with Gasteiger partial charge in [0.15, 0.2) is 0 Å². The Balaban J connectivity index is 2.10. The maximum absolute atomic E-state index is 11.6. The third kappa shape index (κ3) is 1.22. The first-order valence-electron chi connectivity index (χ1n) is 5.57. The van der Waals surface area contributed by atoms with Crippen molar-refractivity contribution in [2.75, 3.05) is 6.54 Å². The summed E-state index contributed by atoms with van der Waals surface area (Å²) in [5.41, 5.74) is 4.45. The summed E-state index contributed by atoms with van der Waals surface area (Å²) in [6.45, 7) is 5.38. The highest BCUT2D eigenvalue weighted by Gasteiger charge is 2.34. The van der Waals surface area contributed by atoms with Crippen molar-refractivity contribution in [2.24, 2.45) is 5.41 Å². The maximum atomic E-state index is 11.6. The number of amides is 1. The Morgan fingerprint density at radius 3 is 3.00 bits per heavy atom. The molecule has 0 aromatic carbocycles. The van der Waals surface area contributed by atoms with E-state index in [1.807, 2.05) is 10.8 Å². The molecule has 1 aliphatic heterocycles. The van der Waals surface area contributed by atoms with Gasteiger partial charge in [0.2, 0.25) is 0 Å². The number of hydrogen-bond acceptors (Lipinski definition) is 1. The van der Waals surface area contributed by atoms with Crippen molar-refractivity contribution in [3.63, 3.8) is 0 Å². The molecule has 0 bridgehead atoms. The van der Waals surface area contributed by atoms with Crippen molar-refractivity contribution < 1.29 is 4.79 Å². The van der Waals surface area contributed by atoms with Crippen LogP contribution in [0, 0.1) is 5.41 Å². The number of carbonyl (C=O) groups is 1. The molecule has 3 nitrogen and oxygen atoms in total. The zero-order valence-electron chi connectivity index (χ0n) is 9.26. The van der Waals surface area contributed by atoms with Crippen molar-refractivity contribution >= 4 is 6.03 Å². The SMILES string of the molecule is CC1(C)Cc2cn3c(c2C1)CCNC3=O. The standard InChI is InChI=1S/C12H16N2O/c1-12(2)5-8-7-14-10(9(8)6-12)3-4-13-11(14)15/h7H,3-6H2,1-2H3,(H,13,15). The van der Waals surface area contributed by atoms with Gasteiger partial charge in [-0.15, -0.1) is 0 Å². The van der Waals surface area contributed by atoms with Crippen LogP contribution in [0.2, 0.25) is 0 Å². The van der Waals surface area contributed by atoms with Crippen molar-refractivity contribution in [2.45, 2.75) is 33.1 Å². The Bertz CT molecular complexity index is 443. The fraction of sp³-hybridized carbons (Fsp3) is 0.583. The van der Waals surface area contributed by atoms with Gasteiger partial charge in [0.05, 0.1) is 0 Å². The molecule has 2 heterocycles. The lowest BCUT2D eigenvalue weighted by molar-refractivity contribution is 0.239. The van der Waals surface area contributed by atoms with Gasteiger partial charge in [0, 0.05) is 24.9 Å². The van der Waals surface area contributed by atoms with E-state index in [0.717, 1.165) is 25.8 Å². The van der Waals surface area contributed by atoms with E-state index in [2.05, 4.69) is 19.2 Å². The molecule has 0 fully saturated rings. The molecule has 1 amide bonds. The van der Waals surface area contributed by atoms with E-state index in [1.165, 1.54) is 16.8 Å². The van der Waals surface area contributed by atoms with Gasteiger partial charge in [0.1, 0.15) is 0 Å². The third-order valence-electron chi connectivity index (χ3n) is 3.49. The van der Waals surface area contributed by atoms with E-state index in [0.29, 0.717) is 5.41 Å². The van der Waals surface area contributed by atoms with Crippen LogP contribution in [0.1, 0.15) is 30.7 Å². The molecule has 80 valence electrons. The molecule has 1 N–H and O–H groups in total. The molecule has 2 aliphatic rings. The molecule has 3 heteroatoms. The van der Waals surface area contributed by atoms with E-state index in [1.54, 1.807) is 0 Å². The molecule has 0 unspecified atom stereocenters. The lowest BCUT2D eigenvalue weighted by atomic mass is 9.89. The van der Waals surface area contributed by atoms with Gasteiger partial charge in [-0.25, -0.2) is 4.79 Å². The normalized spacial score (nSPS) is 22.1. The lowest BCUT2D eigenvalue weighted by Gasteiger charge is -2.20. The first kappa shape index (κ1) is 9.01. The monoisotopic (exact) mass is 204 g/mol. The molecule has 1 aromatic heterocycles. The Labute approximate surface area is 89.5 Å². The summed E-state index contributed by atoms with van der Waals surface area (Å²) in [5, 5.41) is 2.87. The highest BCUT2D eigenvalue weighted by Crippen LogP contribution is 2.39. The number of carbonyl (C=O) groups excluding carboxylic acids is 1. The number of hydrogen-bond donors (Lipinski definition) is 1. The minimum Gasteiger partial charge on any atom is -0.337 e. The lowest BCUT2D eigenvalue weighted by Crippen LogP contribution is -2.36. The minimum atomic E-state index is 0.0449. The second kappa shape index (κ2) is 2.65. The predicted molar refractivity (Wildman–Crippen MR) is 58.1 cm³/mol. The molecule has 0 saturated carbocycles. The van der Waals surface area contributed by atoms with Crippen LogP contribution in [-0.2, 0) is 19.3 Å². The Morgan fingerprint density at radius 1 is 1.40 bits per heavy atom. The number of fused-ring (bicyclic) bond motifs is 3. The first-order valence-corrected chi connectivity index (χ1v) is 5.57. The average Bonchev–Trinajstić information content (AvgIpc) is 2.59. The zero-order chi connectivity index (χ0) is 10.6. The molecular weight excluding hydrogens is 188 g/mol. The van der Waals surface area contributed by atoms with Crippen LogP contribution in [0.25, 0.3) is 0 Å². The van der Waals surface area contributed by atoms with E-state index >= 15 is 0 Å². The van der Waals surface area contributed by atoms with Crippen molar-refractivity contribution in [3.05, 3.63) is 23.0 Å². The second-order valence-electron chi connectivity index (χ2n) is 5.45. The van der Waals surface area contributed by atoms with Crippen LogP contribution in [0.3, 0.4) is 0 Å². The van der Waals surface area contributed by atoms with E-state index in [9.17, 15) is 4.79 Å². The van der Waals surface area contributed by atoms with Crippen LogP contribution in [0.4, 0.5) is 4.79 Å².